The summed E-state index contributed by atoms with van der Waals surface area (Å²) in [7, 11) is -2.62. The van der Waals surface area contributed by atoms with Gasteiger partial charge in [-0.1, -0.05) is 49.4 Å². The summed E-state index contributed by atoms with van der Waals surface area (Å²) < 4.78 is 33.8. The fourth-order valence-corrected chi connectivity index (χ4v) is 5.36. The molecule has 0 fully saturated rings. The molecule has 0 spiro atoms. The molecule has 0 radical (unpaired) electrons. The lowest BCUT2D eigenvalue weighted by Crippen LogP contribution is -2.51. The van der Waals surface area contributed by atoms with E-state index in [1.807, 2.05) is 38.1 Å². The molecule has 0 saturated heterocycles. The van der Waals surface area contributed by atoms with Gasteiger partial charge in [-0.2, -0.15) is 0 Å². The Morgan fingerprint density at radius 1 is 0.947 bits per heavy atom. The van der Waals surface area contributed by atoms with Crippen molar-refractivity contribution in [3.63, 3.8) is 0 Å². The van der Waals surface area contributed by atoms with Crippen LogP contribution in [0.25, 0.3) is 0 Å². The van der Waals surface area contributed by atoms with Crippen molar-refractivity contribution < 1.29 is 22.7 Å². The van der Waals surface area contributed by atoms with Crippen molar-refractivity contribution in [1.29, 1.82) is 0 Å². The van der Waals surface area contributed by atoms with Crippen LogP contribution in [0.15, 0.2) is 83.8 Å². The fraction of sp³-hybridized carbons (Fsp3) is 0.310. The normalized spacial score (nSPS) is 11.9. The number of carbonyl (C=O) groups is 2. The molecule has 0 bridgehead atoms. The van der Waals surface area contributed by atoms with Crippen molar-refractivity contribution in [3.05, 3.63) is 90.0 Å². The Labute approximate surface area is 225 Å². The maximum atomic E-state index is 13.9. The Morgan fingerprint density at radius 3 is 2.18 bits per heavy atom. The SMILES string of the molecule is CCCNC(=O)C(C)N(Cc1ccccc1C)C(=O)CN(c1ccccc1)S(=O)(=O)c1ccc(OC)cc1. The second-order valence-electron chi connectivity index (χ2n) is 8.94. The van der Waals surface area contributed by atoms with Gasteiger partial charge in [0.2, 0.25) is 11.8 Å². The van der Waals surface area contributed by atoms with Gasteiger partial charge in [-0.15, -0.1) is 0 Å². The van der Waals surface area contributed by atoms with Gasteiger partial charge in [-0.05, 0) is 67.8 Å². The second kappa shape index (κ2) is 13.1. The lowest BCUT2D eigenvalue weighted by molar-refractivity contribution is -0.139. The molecule has 0 aliphatic heterocycles. The van der Waals surface area contributed by atoms with Gasteiger partial charge in [0.1, 0.15) is 18.3 Å². The maximum Gasteiger partial charge on any atom is 0.264 e. The first-order chi connectivity index (χ1) is 18.2. The predicted octanol–water partition coefficient (Wildman–Crippen LogP) is 4.14. The summed E-state index contributed by atoms with van der Waals surface area (Å²) in [5.41, 5.74) is 2.19. The number of para-hydroxylation sites is 1. The standard InChI is InChI=1S/C29H35N3O5S/c1-5-19-30-29(34)23(3)31(20-24-12-10-9-11-22(24)2)28(33)21-32(25-13-7-6-8-14-25)38(35,36)27-17-15-26(37-4)16-18-27/h6-18,23H,5,19-21H2,1-4H3,(H,30,34). The highest BCUT2D eigenvalue weighted by atomic mass is 32.2. The number of carbonyl (C=O) groups excluding carboxylic acids is 2. The molecule has 0 heterocycles. The third-order valence-electron chi connectivity index (χ3n) is 6.29. The highest BCUT2D eigenvalue weighted by Gasteiger charge is 2.32. The molecular weight excluding hydrogens is 502 g/mol. The fourth-order valence-electron chi connectivity index (χ4n) is 3.95. The van der Waals surface area contributed by atoms with Crippen molar-refractivity contribution in [2.45, 2.75) is 44.7 Å². The number of nitrogens with one attached hydrogen (secondary N) is 1. The van der Waals surface area contributed by atoms with Gasteiger partial charge in [0.15, 0.2) is 0 Å². The van der Waals surface area contributed by atoms with Crippen LogP contribution in [0, 0.1) is 6.92 Å². The number of hydrogen-bond donors (Lipinski definition) is 1. The zero-order valence-corrected chi connectivity index (χ0v) is 23.1. The predicted molar refractivity (Wildman–Crippen MR) is 148 cm³/mol. The van der Waals surface area contributed by atoms with E-state index < -0.39 is 28.5 Å². The first-order valence-corrected chi connectivity index (χ1v) is 14.0. The first kappa shape index (κ1) is 28.7. The first-order valence-electron chi connectivity index (χ1n) is 12.5. The smallest absolute Gasteiger partial charge is 0.264 e. The van der Waals surface area contributed by atoms with E-state index >= 15 is 0 Å². The molecule has 0 aromatic heterocycles. The minimum atomic E-state index is -4.12. The van der Waals surface area contributed by atoms with Crippen molar-refractivity contribution in [2.75, 3.05) is 24.5 Å². The average Bonchev–Trinajstić information content (AvgIpc) is 2.94. The minimum Gasteiger partial charge on any atom is -0.497 e. The highest BCUT2D eigenvalue weighted by Crippen LogP contribution is 2.26. The molecule has 1 atom stereocenters. The van der Waals surface area contributed by atoms with E-state index in [0.29, 0.717) is 18.0 Å². The molecule has 2 amide bonds. The lowest BCUT2D eigenvalue weighted by atomic mass is 10.1. The molecule has 3 aromatic carbocycles. The van der Waals surface area contributed by atoms with Crippen LogP contribution < -0.4 is 14.4 Å². The monoisotopic (exact) mass is 537 g/mol. The summed E-state index contributed by atoms with van der Waals surface area (Å²) >= 11 is 0. The molecular formula is C29H35N3O5S. The third kappa shape index (κ3) is 6.92. The molecule has 1 N–H and O–H groups in total. The van der Waals surface area contributed by atoms with E-state index in [-0.39, 0.29) is 17.3 Å². The average molecular weight is 538 g/mol. The third-order valence-corrected chi connectivity index (χ3v) is 8.08. The summed E-state index contributed by atoms with van der Waals surface area (Å²) in [5, 5.41) is 2.84. The highest BCUT2D eigenvalue weighted by molar-refractivity contribution is 7.92. The molecule has 0 aliphatic carbocycles. The van der Waals surface area contributed by atoms with E-state index in [4.69, 9.17) is 4.74 Å². The quantitative estimate of drug-likeness (QED) is 0.375. The Bertz CT molecular complexity index is 1330. The number of methoxy groups -OCH3 is 1. The van der Waals surface area contributed by atoms with E-state index in [2.05, 4.69) is 5.32 Å². The topological polar surface area (TPSA) is 96.0 Å². The summed E-state index contributed by atoms with van der Waals surface area (Å²) in [6, 6.07) is 21.3. The number of sulfonamides is 1. The van der Waals surface area contributed by atoms with Crippen LogP contribution in [0.5, 0.6) is 5.75 Å². The van der Waals surface area contributed by atoms with Gasteiger partial charge in [-0.3, -0.25) is 13.9 Å². The summed E-state index contributed by atoms with van der Waals surface area (Å²) in [4.78, 5) is 28.2. The molecule has 38 heavy (non-hydrogen) atoms. The number of benzene rings is 3. The zero-order chi connectivity index (χ0) is 27.7. The number of anilines is 1. The molecule has 3 rings (SSSR count). The van der Waals surface area contributed by atoms with Crippen LogP contribution in [-0.2, 0) is 26.2 Å². The lowest BCUT2D eigenvalue weighted by Gasteiger charge is -2.32. The van der Waals surface area contributed by atoms with Gasteiger partial charge >= 0.3 is 0 Å². The number of rotatable bonds is 12. The van der Waals surface area contributed by atoms with Crippen LogP contribution in [-0.4, -0.2) is 51.4 Å². The largest absolute Gasteiger partial charge is 0.497 e. The number of amides is 2. The number of nitrogens with zero attached hydrogens (tertiary/aromatic N) is 2. The number of ether oxygens (including phenoxy) is 1. The molecule has 9 heteroatoms. The van der Waals surface area contributed by atoms with Gasteiger partial charge in [-0.25, -0.2) is 8.42 Å². The van der Waals surface area contributed by atoms with Crippen molar-refractivity contribution in [2.24, 2.45) is 0 Å². The Morgan fingerprint density at radius 2 is 1.58 bits per heavy atom. The van der Waals surface area contributed by atoms with E-state index in [9.17, 15) is 18.0 Å². The summed E-state index contributed by atoms with van der Waals surface area (Å²) in [6.45, 7) is 5.71. The minimum absolute atomic E-state index is 0.0224. The molecule has 202 valence electrons. The molecule has 3 aromatic rings. The molecule has 1 unspecified atom stereocenters. The molecule has 0 aliphatic rings. The van der Waals surface area contributed by atoms with Gasteiger partial charge in [0.25, 0.3) is 10.0 Å². The maximum absolute atomic E-state index is 13.9. The van der Waals surface area contributed by atoms with Gasteiger partial charge in [0.05, 0.1) is 17.7 Å². The van der Waals surface area contributed by atoms with E-state index in [1.165, 1.54) is 24.1 Å². The van der Waals surface area contributed by atoms with E-state index in [1.54, 1.807) is 49.4 Å². The zero-order valence-electron chi connectivity index (χ0n) is 22.3. The van der Waals surface area contributed by atoms with Crippen LogP contribution in [0.2, 0.25) is 0 Å². The Kier molecular flexibility index (Phi) is 9.90. The van der Waals surface area contributed by atoms with Crippen LogP contribution >= 0.6 is 0 Å². The molecule has 8 nitrogen and oxygen atoms in total. The van der Waals surface area contributed by atoms with Gasteiger partial charge in [0, 0.05) is 13.1 Å². The number of hydrogen-bond acceptors (Lipinski definition) is 5. The van der Waals surface area contributed by atoms with Gasteiger partial charge < -0.3 is 15.0 Å². The van der Waals surface area contributed by atoms with Crippen molar-refractivity contribution in [1.82, 2.24) is 10.2 Å². The Hall–Kier alpha value is -3.85. The van der Waals surface area contributed by atoms with Crippen LogP contribution in [0.1, 0.15) is 31.4 Å². The van der Waals surface area contributed by atoms with E-state index in [0.717, 1.165) is 21.9 Å². The Balaban J connectivity index is 2.00. The van der Waals surface area contributed by atoms with Crippen LogP contribution in [0.4, 0.5) is 5.69 Å². The molecule has 0 saturated carbocycles. The summed E-state index contributed by atoms with van der Waals surface area (Å²) in [6.07, 6.45) is 0.756. The van der Waals surface area contributed by atoms with Crippen LogP contribution in [0.3, 0.4) is 0 Å². The van der Waals surface area contributed by atoms with Crippen molar-refractivity contribution in [3.8, 4) is 5.75 Å². The van der Waals surface area contributed by atoms with Crippen molar-refractivity contribution >= 4 is 27.5 Å². The number of aryl methyl sites for hydroxylation is 1. The second-order valence-corrected chi connectivity index (χ2v) is 10.8. The summed E-state index contributed by atoms with van der Waals surface area (Å²) in [5.74, 6) is -0.269.